The molecule has 1 fully saturated rings. The molecule has 0 spiro atoms. The number of Topliss-reactive ketones (excluding diaryl/α,β-unsaturated/α-hetero) is 1. The van der Waals surface area contributed by atoms with Crippen LogP contribution in [-0.4, -0.2) is 23.9 Å². The van der Waals surface area contributed by atoms with Gasteiger partial charge in [0.15, 0.2) is 5.78 Å². The highest BCUT2D eigenvalue weighted by Gasteiger charge is 2.23. The first-order valence-corrected chi connectivity index (χ1v) is 4.53. The summed E-state index contributed by atoms with van der Waals surface area (Å²) in [5, 5.41) is 3.18. The Morgan fingerprint density at radius 1 is 1.57 bits per heavy atom. The Balaban J connectivity index is 0.000000980. The number of rotatable bonds is 2. The Labute approximate surface area is 89.3 Å². The fraction of sp³-hybridized carbons (Fsp3) is 0.400. The molecule has 1 saturated heterocycles. The molecule has 0 radical (unpaired) electrons. The van der Waals surface area contributed by atoms with Crippen LogP contribution in [0.3, 0.4) is 0 Å². The van der Waals surface area contributed by atoms with Gasteiger partial charge in [-0.25, -0.2) is 0 Å². The van der Waals surface area contributed by atoms with Crippen LogP contribution in [0.1, 0.15) is 16.8 Å². The number of ketones is 1. The maximum Gasteiger partial charge on any atom is 0.168 e. The average molecular weight is 213 g/mol. The number of nitrogens with one attached hydrogen (secondary N) is 1. The molecule has 0 aliphatic carbocycles. The average Bonchev–Trinajstić information content (AvgIpc) is 2.71. The van der Waals surface area contributed by atoms with Crippen LogP contribution in [0.2, 0.25) is 0 Å². The Morgan fingerprint density at radius 2 is 2.43 bits per heavy atom. The molecule has 0 saturated carbocycles. The van der Waals surface area contributed by atoms with Crippen molar-refractivity contribution in [2.24, 2.45) is 5.92 Å². The van der Waals surface area contributed by atoms with E-state index in [2.05, 4.69) is 10.3 Å². The van der Waals surface area contributed by atoms with Gasteiger partial charge >= 0.3 is 0 Å². The minimum Gasteiger partial charge on any atom is -0.316 e. The van der Waals surface area contributed by atoms with Crippen molar-refractivity contribution in [3.8, 4) is 0 Å². The van der Waals surface area contributed by atoms with Gasteiger partial charge in [0.2, 0.25) is 0 Å². The molecule has 1 aromatic heterocycles. The molecule has 0 amide bonds. The molecule has 1 aliphatic rings. The first-order chi connectivity index (χ1) is 6.38. The lowest BCUT2D eigenvalue weighted by Gasteiger charge is -2.05. The highest BCUT2D eigenvalue weighted by molar-refractivity contribution is 5.97. The van der Waals surface area contributed by atoms with Gasteiger partial charge in [0, 0.05) is 30.4 Å². The lowest BCUT2D eigenvalue weighted by atomic mass is 9.98. The second-order valence-corrected chi connectivity index (χ2v) is 3.30. The molecule has 1 atom stereocenters. The van der Waals surface area contributed by atoms with E-state index in [-0.39, 0.29) is 24.1 Å². The third-order valence-electron chi connectivity index (χ3n) is 2.38. The largest absolute Gasteiger partial charge is 0.316 e. The summed E-state index contributed by atoms with van der Waals surface area (Å²) in [5.41, 5.74) is 0.733. The zero-order chi connectivity index (χ0) is 9.10. The number of nitrogens with zero attached hydrogens (tertiary/aromatic N) is 1. The third kappa shape index (κ3) is 2.30. The van der Waals surface area contributed by atoms with Crippen molar-refractivity contribution >= 4 is 18.2 Å². The molecule has 0 aromatic carbocycles. The van der Waals surface area contributed by atoms with Gasteiger partial charge in [-0.1, -0.05) is 0 Å². The summed E-state index contributed by atoms with van der Waals surface area (Å²) < 4.78 is 0. The number of hydrogen-bond acceptors (Lipinski definition) is 3. The molecular weight excluding hydrogens is 200 g/mol. The van der Waals surface area contributed by atoms with Crippen LogP contribution in [-0.2, 0) is 0 Å². The van der Waals surface area contributed by atoms with Crippen LogP contribution in [0, 0.1) is 5.92 Å². The zero-order valence-electron chi connectivity index (χ0n) is 7.77. The van der Waals surface area contributed by atoms with Gasteiger partial charge in [0.1, 0.15) is 0 Å². The van der Waals surface area contributed by atoms with E-state index >= 15 is 0 Å². The highest BCUT2D eigenvalue weighted by atomic mass is 35.5. The van der Waals surface area contributed by atoms with Gasteiger partial charge in [0.05, 0.1) is 0 Å². The lowest BCUT2D eigenvalue weighted by Crippen LogP contribution is -2.17. The van der Waals surface area contributed by atoms with Gasteiger partial charge in [-0.15, -0.1) is 12.4 Å². The summed E-state index contributed by atoms with van der Waals surface area (Å²) in [7, 11) is 0. The molecule has 1 N–H and O–H groups in total. The molecule has 2 heterocycles. The van der Waals surface area contributed by atoms with Gasteiger partial charge in [0.25, 0.3) is 0 Å². The zero-order valence-corrected chi connectivity index (χ0v) is 8.59. The second-order valence-electron chi connectivity index (χ2n) is 3.30. The molecule has 1 aromatic rings. The topological polar surface area (TPSA) is 42.0 Å². The molecule has 2 rings (SSSR count). The monoisotopic (exact) mass is 212 g/mol. The van der Waals surface area contributed by atoms with Crippen molar-refractivity contribution in [1.29, 1.82) is 0 Å². The third-order valence-corrected chi connectivity index (χ3v) is 2.38. The normalized spacial score (nSPS) is 20.1. The maximum absolute atomic E-state index is 11.8. The van der Waals surface area contributed by atoms with Crippen LogP contribution in [0.4, 0.5) is 0 Å². The lowest BCUT2D eigenvalue weighted by molar-refractivity contribution is 0.0930. The number of aromatic nitrogens is 1. The minimum atomic E-state index is 0. The Hall–Kier alpha value is -0.930. The van der Waals surface area contributed by atoms with E-state index in [9.17, 15) is 4.79 Å². The molecule has 4 heteroatoms. The van der Waals surface area contributed by atoms with Crippen LogP contribution >= 0.6 is 12.4 Å². The SMILES string of the molecule is Cl.O=C(c1cccnc1)C1CCNC1. The Morgan fingerprint density at radius 3 is 3.00 bits per heavy atom. The van der Waals surface area contributed by atoms with Crippen LogP contribution in [0.15, 0.2) is 24.5 Å². The fourth-order valence-electron chi connectivity index (χ4n) is 1.62. The van der Waals surface area contributed by atoms with Crippen LogP contribution in [0.25, 0.3) is 0 Å². The van der Waals surface area contributed by atoms with Crippen LogP contribution in [0.5, 0.6) is 0 Å². The predicted molar refractivity (Wildman–Crippen MR) is 56.8 cm³/mol. The van der Waals surface area contributed by atoms with Crippen molar-refractivity contribution in [2.45, 2.75) is 6.42 Å². The van der Waals surface area contributed by atoms with E-state index in [1.54, 1.807) is 18.5 Å². The van der Waals surface area contributed by atoms with E-state index in [1.165, 1.54) is 0 Å². The molecule has 0 bridgehead atoms. The Kier molecular flexibility index (Phi) is 4.04. The van der Waals surface area contributed by atoms with Crippen LogP contribution < -0.4 is 5.32 Å². The van der Waals surface area contributed by atoms with E-state index in [0.717, 1.165) is 25.1 Å². The second kappa shape index (κ2) is 5.08. The van der Waals surface area contributed by atoms with Crippen molar-refractivity contribution < 1.29 is 4.79 Å². The number of halogens is 1. The van der Waals surface area contributed by atoms with E-state index in [1.807, 2.05) is 6.07 Å². The molecule has 14 heavy (non-hydrogen) atoms. The molecular formula is C10H13ClN2O. The smallest absolute Gasteiger partial charge is 0.168 e. The molecule has 3 nitrogen and oxygen atoms in total. The number of pyridine rings is 1. The molecule has 1 aliphatic heterocycles. The first-order valence-electron chi connectivity index (χ1n) is 4.53. The highest BCUT2D eigenvalue weighted by Crippen LogP contribution is 2.14. The van der Waals surface area contributed by atoms with Gasteiger partial charge in [-0.3, -0.25) is 9.78 Å². The Bertz CT molecular complexity index is 296. The van der Waals surface area contributed by atoms with Gasteiger partial charge in [-0.05, 0) is 25.1 Å². The molecule has 1 unspecified atom stereocenters. The van der Waals surface area contributed by atoms with Gasteiger partial charge < -0.3 is 5.32 Å². The summed E-state index contributed by atoms with van der Waals surface area (Å²) in [5.74, 6) is 0.377. The van der Waals surface area contributed by atoms with Crippen molar-refractivity contribution in [2.75, 3.05) is 13.1 Å². The summed E-state index contributed by atoms with van der Waals surface area (Å²) >= 11 is 0. The van der Waals surface area contributed by atoms with Crippen molar-refractivity contribution in [3.05, 3.63) is 30.1 Å². The summed E-state index contributed by atoms with van der Waals surface area (Å²) in [6.45, 7) is 1.77. The fourth-order valence-corrected chi connectivity index (χ4v) is 1.62. The van der Waals surface area contributed by atoms with Crippen molar-refractivity contribution in [1.82, 2.24) is 10.3 Å². The summed E-state index contributed by atoms with van der Waals surface area (Å²) in [6, 6.07) is 3.63. The summed E-state index contributed by atoms with van der Waals surface area (Å²) in [4.78, 5) is 15.7. The maximum atomic E-state index is 11.8. The standard InChI is InChI=1S/C10H12N2O.ClH/c13-10(9-3-5-12-7-9)8-2-1-4-11-6-8;/h1-2,4,6,9,12H,3,5,7H2;1H. The number of carbonyl (C=O) groups is 1. The number of carbonyl (C=O) groups excluding carboxylic acids is 1. The van der Waals surface area contributed by atoms with E-state index < -0.39 is 0 Å². The molecule has 76 valence electrons. The number of hydrogen-bond donors (Lipinski definition) is 1. The van der Waals surface area contributed by atoms with E-state index in [4.69, 9.17) is 0 Å². The minimum absolute atomic E-state index is 0. The van der Waals surface area contributed by atoms with Crippen molar-refractivity contribution in [3.63, 3.8) is 0 Å². The van der Waals surface area contributed by atoms with Gasteiger partial charge in [-0.2, -0.15) is 0 Å². The van der Waals surface area contributed by atoms with E-state index in [0.29, 0.717) is 0 Å². The first kappa shape index (κ1) is 11.1. The summed E-state index contributed by atoms with van der Waals surface area (Å²) in [6.07, 6.45) is 4.28. The quantitative estimate of drug-likeness (QED) is 0.752. The predicted octanol–water partition coefficient (Wildman–Crippen LogP) is 1.30.